The molecule has 1 aliphatic carbocycles. The molecular weight excluding hydrogens is 376 g/mol. The number of nitrogens with one attached hydrogen (secondary N) is 2. The van der Waals surface area contributed by atoms with Crippen molar-refractivity contribution in [2.45, 2.75) is 51.2 Å². The number of hydrogen-bond donors (Lipinski definition) is 2. The van der Waals surface area contributed by atoms with Crippen molar-refractivity contribution in [3.63, 3.8) is 0 Å². The van der Waals surface area contributed by atoms with Crippen LogP contribution in [0, 0.1) is 0 Å². The third-order valence-corrected chi connectivity index (χ3v) is 5.17. The highest BCUT2D eigenvalue weighted by Crippen LogP contribution is 2.23. The van der Waals surface area contributed by atoms with E-state index < -0.39 is 6.10 Å². The molecule has 1 aliphatic rings. The lowest BCUT2D eigenvalue weighted by molar-refractivity contribution is -0.122. The maximum atomic E-state index is 12.6. The number of para-hydroxylation sites is 1. The third-order valence-electron chi connectivity index (χ3n) is 4.84. The highest BCUT2D eigenvalue weighted by molar-refractivity contribution is 6.34. The van der Waals surface area contributed by atoms with Gasteiger partial charge in [-0.15, -0.1) is 0 Å². The second kappa shape index (κ2) is 9.60. The van der Waals surface area contributed by atoms with Gasteiger partial charge in [-0.1, -0.05) is 49.1 Å². The summed E-state index contributed by atoms with van der Waals surface area (Å²) >= 11 is 6.22. The zero-order chi connectivity index (χ0) is 19.9. The summed E-state index contributed by atoms with van der Waals surface area (Å²) < 4.78 is 5.63. The predicted molar refractivity (Wildman–Crippen MR) is 111 cm³/mol. The van der Waals surface area contributed by atoms with E-state index in [1.54, 1.807) is 37.3 Å². The third kappa shape index (κ3) is 5.49. The molecule has 0 radical (unpaired) electrons. The molecule has 1 atom stereocenters. The molecule has 0 aliphatic heterocycles. The molecular formula is C22H25ClN2O3. The van der Waals surface area contributed by atoms with Gasteiger partial charge < -0.3 is 15.4 Å². The predicted octanol–water partition coefficient (Wildman–Crippen LogP) is 4.81. The lowest BCUT2D eigenvalue weighted by atomic mass is 9.95. The molecule has 6 heteroatoms. The van der Waals surface area contributed by atoms with Crippen molar-refractivity contribution < 1.29 is 14.3 Å². The molecule has 0 bridgehead atoms. The van der Waals surface area contributed by atoms with Crippen LogP contribution in [-0.2, 0) is 4.79 Å². The fourth-order valence-corrected chi connectivity index (χ4v) is 3.49. The van der Waals surface area contributed by atoms with Gasteiger partial charge in [-0.05, 0) is 50.1 Å². The maximum Gasteiger partial charge on any atom is 0.265 e. The monoisotopic (exact) mass is 400 g/mol. The number of carbonyl (C=O) groups is 2. The lowest BCUT2D eigenvalue weighted by Gasteiger charge is -2.23. The number of hydrogen-bond acceptors (Lipinski definition) is 3. The molecule has 3 rings (SSSR count). The Morgan fingerprint density at radius 3 is 2.50 bits per heavy atom. The number of carbonyl (C=O) groups excluding carboxylic acids is 2. The van der Waals surface area contributed by atoms with E-state index in [2.05, 4.69) is 10.6 Å². The number of rotatable bonds is 6. The molecule has 2 aromatic carbocycles. The summed E-state index contributed by atoms with van der Waals surface area (Å²) in [6.07, 6.45) is 4.79. The van der Waals surface area contributed by atoms with Gasteiger partial charge in [0.05, 0.1) is 10.6 Å². The molecule has 0 spiro atoms. The van der Waals surface area contributed by atoms with Crippen molar-refractivity contribution in [1.29, 1.82) is 0 Å². The summed E-state index contributed by atoms with van der Waals surface area (Å²) in [5, 5.41) is 6.20. The first-order valence-corrected chi connectivity index (χ1v) is 10.0. The van der Waals surface area contributed by atoms with E-state index in [-0.39, 0.29) is 17.9 Å². The van der Waals surface area contributed by atoms with Gasteiger partial charge in [0.1, 0.15) is 5.75 Å². The highest BCUT2D eigenvalue weighted by Gasteiger charge is 2.20. The van der Waals surface area contributed by atoms with Crippen LogP contribution in [0.2, 0.25) is 5.02 Å². The van der Waals surface area contributed by atoms with Crippen LogP contribution in [-0.4, -0.2) is 24.0 Å². The topological polar surface area (TPSA) is 67.4 Å². The molecule has 0 aromatic heterocycles. The minimum Gasteiger partial charge on any atom is -0.481 e. The first-order valence-electron chi connectivity index (χ1n) is 9.66. The van der Waals surface area contributed by atoms with E-state index in [1.807, 2.05) is 18.2 Å². The number of ether oxygens (including phenoxy) is 1. The average molecular weight is 401 g/mol. The van der Waals surface area contributed by atoms with Crippen LogP contribution in [0.1, 0.15) is 49.4 Å². The minimum atomic E-state index is -0.683. The molecule has 148 valence electrons. The molecule has 0 heterocycles. The van der Waals surface area contributed by atoms with E-state index in [0.29, 0.717) is 22.0 Å². The Morgan fingerprint density at radius 2 is 1.79 bits per heavy atom. The number of benzene rings is 2. The van der Waals surface area contributed by atoms with Crippen molar-refractivity contribution >= 4 is 29.1 Å². The number of anilines is 1. The summed E-state index contributed by atoms with van der Waals surface area (Å²) in [6, 6.07) is 14.2. The average Bonchev–Trinajstić information content (AvgIpc) is 2.70. The van der Waals surface area contributed by atoms with Crippen molar-refractivity contribution in [1.82, 2.24) is 5.32 Å². The van der Waals surface area contributed by atoms with Crippen molar-refractivity contribution in [2.24, 2.45) is 0 Å². The SMILES string of the molecule is CC(Oc1ccccc1)C(=O)Nc1ccc(Cl)c(C(=O)NC2CCCCC2)c1. The van der Waals surface area contributed by atoms with Gasteiger partial charge >= 0.3 is 0 Å². The number of halogens is 1. The number of amides is 2. The van der Waals surface area contributed by atoms with E-state index in [9.17, 15) is 9.59 Å². The zero-order valence-electron chi connectivity index (χ0n) is 15.9. The Labute approximate surface area is 170 Å². The molecule has 28 heavy (non-hydrogen) atoms. The minimum absolute atomic E-state index is 0.190. The van der Waals surface area contributed by atoms with E-state index in [0.717, 1.165) is 25.7 Å². The summed E-state index contributed by atoms with van der Waals surface area (Å²) in [5.74, 6) is 0.111. The van der Waals surface area contributed by atoms with Gasteiger partial charge in [0.15, 0.2) is 6.10 Å². The van der Waals surface area contributed by atoms with Gasteiger partial charge in [0, 0.05) is 11.7 Å². The van der Waals surface area contributed by atoms with Gasteiger partial charge in [-0.25, -0.2) is 0 Å². The molecule has 2 aromatic rings. The molecule has 0 saturated heterocycles. The van der Waals surface area contributed by atoms with E-state index in [4.69, 9.17) is 16.3 Å². The van der Waals surface area contributed by atoms with Crippen LogP contribution in [0.15, 0.2) is 48.5 Å². The van der Waals surface area contributed by atoms with Gasteiger partial charge in [0.2, 0.25) is 0 Å². The van der Waals surface area contributed by atoms with Gasteiger partial charge in [-0.3, -0.25) is 9.59 Å². The standard InChI is InChI=1S/C22H25ClN2O3/c1-15(28-18-10-6-3-7-11-18)21(26)25-17-12-13-20(23)19(14-17)22(27)24-16-8-4-2-5-9-16/h3,6-7,10-16H,2,4-5,8-9H2,1H3,(H,24,27)(H,25,26). The van der Waals surface area contributed by atoms with E-state index >= 15 is 0 Å². The first kappa shape index (κ1) is 20.2. The highest BCUT2D eigenvalue weighted by atomic mass is 35.5. The van der Waals surface area contributed by atoms with Crippen LogP contribution in [0.4, 0.5) is 5.69 Å². The molecule has 2 amide bonds. The second-order valence-electron chi connectivity index (χ2n) is 7.07. The summed E-state index contributed by atoms with van der Waals surface area (Å²) in [4.78, 5) is 25.0. The van der Waals surface area contributed by atoms with Crippen molar-refractivity contribution in [3.8, 4) is 5.75 Å². The van der Waals surface area contributed by atoms with Crippen LogP contribution in [0.5, 0.6) is 5.75 Å². The quantitative estimate of drug-likeness (QED) is 0.731. The van der Waals surface area contributed by atoms with Crippen molar-refractivity contribution in [2.75, 3.05) is 5.32 Å². The molecule has 5 nitrogen and oxygen atoms in total. The lowest BCUT2D eigenvalue weighted by Crippen LogP contribution is -2.36. The van der Waals surface area contributed by atoms with Crippen molar-refractivity contribution in [3.05, 3.63) is 59.1 Å². The van der Waals surface area contributed by atoms with Crippen LogP contribution >= 0.6 is 11.6 Å². The Balaban J connectivity index is 1.63. The summed E-state index contributed by atoms with van der Waals surface area (Å²) in [6.45, 7) is 1.68. The molecule has 1 fully saturated rings. The summed E-state index contributed by atoms with van der Waals surface area (Å²) in [5.41, 5.74) is 0.869. The Morgan fingerprint density at radius 1 is 1.07 bits per heavy atom. The van der Waals surface area contributed by atoms with Crippen LogP contribution in [0.25, 0.3) is 0 Å². The maximum absolute atomic E-state index is 12.6. The van der Waals surface area contributed by atoms with Gasteiger partial charge in [0.25, 0.3) is 11.8 Å². The first-order chi connectivity index (χ1) is 13.5. The van der Waals surface area contributed by atoms with Gasteiger partial charge in [-0.2, -0.15) is 0 Å². The molecule has 1 saturated carbocycles. The zero-order valence-corrected chi connectivity index (χ0v) is 16.7. The fourth-order valence-electron chi connectivity index (χ4n) is 3.29. The largest absolute Gasteiger partial charge is 0.481 e. The normalized spacial score (nSPS) is 15.5. The fraction of sp³-hybridized carbons (Fsp3) is 0.364. The second-order valence-corrected chi connectivity index (χ2v) is 7.47. The molecule has 1 unspecified atom stereocenters. The Hall–Kier alpha value is -2.53. The van der Waals surface area contributed by atoms with Crippen LogP contribution in [0.3, 0.4) is 0 Å². The van der Waals surface area contributed by atoms with Crippen LogP contribution < -0.4 is 15.4 Å². The Bertz CT molecular complexity index is 820. The molecule has 2 N–H and O–H groups in total. The smallest absolute Gasteiger partial charge is 0.265 e. The Kier molecular flexibility index (Phi) is 6.93. The summed E-state index contributed by atoms with van der Waals surface area (Å²) in [7, 11) is 0. The van der Waals surface area contributed by atoms with E-state index in [1.165, 1.54) is 6.42 Å².